The highest BCUT2D eigenvalue weighted by molar-refractivity contribution is 7.89. The molecule has 21 heavy (non-hydrogen) atoms. The maximum Gasteiger partial charge on any atom is 0.272 e. The largest absolute Gasteiger partial charge is 0.365 e. The minimum absolute atomic E-state index is 0.0633. The molecular formula is C12H16Cl2N3O3S+. The van der Waals surface area contributed by atoms with Gasteiger partial charge in [-0.2, -0.15) is 4.31 Å². The number of piperazine rings is 1. The molecule has 2 rings (SSSR count). The molecule has 0 spiro atoms. The normalized spacial score (nSPS) is 17.8. The number of nitrogens with zero attached hydrogens (tertiary/aromatic N) is 1. The van der Waals surface area contributed by atoms with Crippen LogP contribution in [0.3, 0.4) is 0 Å². The molecule has 3 N–H and O–H groups in total. The van der Waals surface area contributed by atoms with Crippen LogP contribution in [0.25, 0.3) is 0 Å². The SMILES string of the molecule is NC(=O)C[NH+]1CCN(S(=O)(=O)c2c(Cl)cccc2Cl)CC1. The third-order valence-corrected chi connectivity index (χ3v) is 6.23. The highest BCUT2D eigenvalue weighted by atomic mass is 35.5. The van der Waals surface area contributed by atoms with Crippen molar-refractivity contribution < 1.29 is 18.1 Å². The molecule has 0 aromatic heterocycles. The van der Waals surface area contributed by atoms with Crippen molar-refractivity contribution >= 4 is 39.1 Å². The fourth-order valence-electron chi connectivity index (χ4n) is 2.32. The summed E-state index contributed by atoms with van der Waals surface area (Å²) in [7, 11) is -3.74. The van der Waals surface area contributed by atoms with E-state index in [2.05, 4.69) is 0 Å². The topological polar surface area (TPSA) is 84.9 Å². The van der Waals surface area contributed by atoms with Gasteiger partial charge in [0.15, 0.2) is 6.54 Å². The quantitative estimate of drug-likeness (QED) is 0.756. The molecule has 0 saturated carbocycles. The van der Waals surface area contributed by atoms with Crippen LogP contribution in [0.5, 0.6) is 0 Å². The summed E-state index contributed by atoms with van der Waals surface area (Å²) in [6.45, 7) is 1.84. The number of quaternary nitrogens is 1. The van der Waals surface area contributed by atoms with E-state index in [4.69, 9.17) is 28.9 Å². The van der Waals surface area contributed by atoms with Gasteiger partial charge in [0.05, 0.1) is 36.2 Å². The van der Waals surface area contributed by atoms with Crippen LogP contribution in [0.2, 0.25) is 10.0 Å². The highest BCUT2D eigenvalue weighted by Gasteiger charge is 2.33. The molecule has 1 heterocycles. The summed E-state index contributed by atoms with van der Waals surface area (Å²) >= 11 is 11.9. The van der Waals surface area contributed by atoms with E-state index in [1.54, 1.807) is 6.07 Å². The van der Waals surface area contributed by atoms with Gasteiger partial charge in [-0.05, 0) is 12.1 Å². The second-order valence-corrected chi connectivity index (χ2v) is 7.54. The number of carbonyl (C=O) groups excluding carboxylic acids is 1. The van der Waals surface area contributed by atoms with E-state index in [0.717, 1.165) is 4.90 Å². The molecular weight excluding hydrogens is 337 g/mol. The van der Waals surface area contributed by atoms with Crippen molar-refractivity contribution in [3.8, 4) is 0 Å². The Morgan fingerprint density at radius 3 is 2.24 bits per heavy atom. The van der Waals surface area contributed by atoms with Crippen LogP contribution in [-0.4, -0.2) is 51.4 Å². The fraction of sp³-hybridized carbons (Fsp3) is 0.417. The summed E-state index contributed by atoms with van der Waals surface area (Å²) in [5.41, 5.74) is 5.15. The zero-order valence-corrected chi connectivity index (χ0v) is 13.5. The molecule has 6 nitrogen and oxygen atoms in total. The standard InChI is InChI=1S/C12H15Cl2N3O3S/c13-9-2-1-3-10(14)12(9)21(19,20)17-6-4-16(5-7-17)8-11(15)18/h1-3H,4-8H2,(H2,15,18)/p+1. The van der Waals surface area contributed by atoms with E-state index < -0.39 is 15.9 Å². The first-order valence-electron chi connectivity index (χ1n) is 6.38. The molecule has 0 bridgehead atoms. The number of rotatable bonds is 4. The first kappa shape index (κ1) is 16.5. The molecule has 1 aromatic carbocycles. The number of benzene rings is 1. The summed E-state index contributed by atoms with van der Waals surface area (Å²) in [6.07, 6.45) is 0. The lowest BCUT2D eigenvalue weighted by Crippen LogP contribution is -3.15. The Kier molecular flexibility index (Phi) is 5.11. The Bertz CT molecular complexity index is 623. The van der Waals surface area contributed by atoms with E-state index in [1.165, 1.54) is 16.4 Å². The highest BCUT2D eigenvalue weighted by Crippen LogP contribution is 2.31. The molecule has 1 aliphatic heterocycles. The average Bonchev–Trinajstić information content (AvgIpc) is 2.38. The van der Waals surface area contributed by atoms with E-state index in [-0.39, 0.29) is 21.5 Å². The summed E-state index contributed by atoms with van der Waals surface area (Å²) in [6, 6.07) is 4.59. The number of nitrogens with two attached hydrogens (primary N) is 1. The fourth-order valence-corrected chi connectivity index (χ4v) is 4.86. The lowest BCUT2D eigenvalue weighted by molar-refractivity contribution is -0.895. The summed E-state index contributed by atoms with van der Waals surface area (Å²) in [5, 5.41) is 0.212. The Morgan fingerprint density at radius 1 is 1.24 bits per heavy atom. The molecule has 0 aliphatic carbocycles. The van der Waals surface area contributed by atoms with Crippen molar-refractivity contribution in [1.29, 1.82) is 0 Å². The Morgan fingerprint density at radius 2 is 1.76 bits per heavy atom. The number of nitrogens with one attached hydrogen (secondary N) is 1. The Hall–Kier alpha value is -0.860. The third-order valence-electron chi connectivity index (χ3n) is 3.37. The predicted octanol–water partition coefficient (Wildman–Crippen LogP) is -0.632. The summed E-state index contributed by atoms with van der Waals surface area (Å²) in [5.74, 6) is -0.393. The first-order valence-corrected chi connectivity index (χ1v) is 8.58. The minimum atomic E-state index is -3.74. The molecule has 0 radical (unpaired) electrons. The van der Waals surface area contributed by atoms with Gasteiger partial charge in [0.1, 0.15) is 4.90 Å². The number of hydrogen-bond acceptors (Lipinski definition) is 3. The molecule has 1 saturated heterocycles. The van der Waals surface area contributed by atoms with Crippen molar-refractivity contribution in [1.82, 2.24) is 4.31 Å². The van der Waals surface area contributed by atoms with Crippen LogP contribution in [0, 0.1) is 0 Å². The lowest BCUT2D eigenvalue weighted by atomic mass is 10.3. The zero-order valence-electron chi connectivity index (χ0n) is 11.2. The smallest absolute Gasteiger partial charge is 0.272 e. The van der Waals surface area contributed by atoms with Gasteiger partial charge in [0, 0.05) is 0 Å². The summed E-state index contributed by atoms with van der Waals surface area (Å²) in [4.78, 5) is 11.8. The van der Waals surface area contributed by atoms with Crippen LogP contribution in [-0.2, 0) is 14.8 Å². The van der Waals surface area contributed by atoms with Gasteiger partial charge in [-0.25, -0.2) is 8.42 Å². The van der Waals surface area contributed by atoms with Gasteiger partial charge in [-0.15, -0.1) is 0 Å². The van der Waals surface area contributed by atoms with Crippen molar-refractivity contribution in [2.24, 2.45) is 5.73 Å². The molecule has 116 valence electrons. The van der Waals surface area contributed by atoms with E-state index in [1.807, 2.05) is 0 Å². The Labute approximate surface area is 133 Å². The van der Waals surface area contributed by atoms with Crippen LogP contribution in [0.1, 0.15) is 0 Å². The van der Waals surface area contributed by atoms with Gasteiger partial charge < -0.3 is 10.6 Å². The van der Waals surface area contributed by atoms with Crippen molar-refractivity contribution in [3.63, 3.8) is 0 Å². The van der Waals surface area contributed by atoms with E-state index in [0.29, 0.717) is 26.2 Å². The van der Waals surface area contributed by atoms with Gasteiger partial charge >= 0.3 is 0 Å². The van der Waals surface area contributed by atoms with Gasteiger partial charge in [0.2, 0.25) is 10.0 Å². The van der Waals surface area contributed by atoms with Crippen LogP contribution in [0.15, 0.2) is 23.1 Å². The third kappa shape index (κ3) is 3.67. The van der Waals surface area contributed by atoms with Crippen LogP contribution in [0.4, 0.5) is 0 Å². The predicted molar refractivity (Wildman–Crippen MR) is 80.0 cm³/mol. The second kappa shape index (κ2) is 6.50. The molecule has 0 unspecified atom stereocenters. The molecule has 0 atom stereocenters. The van der Waals surface area contributed by atoms with Gasteiger partial charge in [0.25, 0.3) is 5.91 Å². The van der Waals surface area contributed by atoms with Crippen molar-refractivity contribution in [3.05, 3.63) is 28.2 Å². The molecule has 9 heteroatoms. The number of amides is 1. The van der Waals surface area contributed by atoms with Gasteiger partial charge in [-0.1, -0.05) is 29.3 Å². The maximum atomic E-state index is 12.6. The first-order chi connectivity index (χ1) is 9.82. The monoisotopic (exact) mass is 352 g/mol. The second-order valence-electron chi connectivity index (χ2n) is 4.85. The number of sulfonamides is 1. The Balaban J connectivity index is 2.17. The number of halogens is 2. The molecule has 1 amide bonds. The summed E-state index contributed by atoms with van der Waals surface area (Å²) < 4.78 is 26.6. The van der Waals surface area contributed by atoms with Crippen molar-refractivity contribution in [2.75, 3.05) is 32.7 Å². The van der Waals surface area contributed by atoms with E-state index in [9.17, 15) is 13.2 Å². The molecule has 1 fully saturated rings. The molecule has 1 aromatic rings. The number of primary amides is 1. The maximum absolute atomic E-state index is 12.6. The van der Waals surface area contributed by atoms with Crippen LogP contribution >= 0.6 is 23.2 Å². The van der Waals surface area contributed by atoms with Crippen molar-refractivity contribution in [2.45, 2.75) is 4.90 Å². The zero-order chi connectivity index (χ0) is 15.6. The number of carbonyl (C=O) groups is 1. The average molecular weight is 353 g/mol. The number of hydrogen-bond donors (Lipinski definition) is 2. The molecule has 1 aliphatic rings. The van der Waals surface area contributed by atoms with Gasteiger partial charge in [-0.3, -0.25) is 4.79 Å². The van der Waals surface area contributed by atoms with Crippen LogP contribution < -0.4 is 10.6 Å². The lowest BCUT2D eigenvalue weighted by Gasteiger charge is -2.31. The van der Waals surface area contributed by atoms with E-state index >= 15 is 0 Å². The minimum Gasteiger partial charge on any atom is -0.365 e.